The zero-order chi connectivity index (χ0) is 23.3. The van der Waals surface area contributed by atoms with Crippen LogP contribution in [0.2, 0.25) is 0 Å². The van der Waals surface area contributed by atoms with Crippen molar-refractivity contribution >= 4 is 21.5 Å². The van der Waals surface area contributed by atoms with Gasteiger partial charge < -0.3 is 0 Å². The van der Waals surface area contributed by atoms with Crippen LogP contribution in [0.15, 0.2) is 97.1 Å². The van der Waals surface area contributed by atoms with Gasteiger partial charge in [0, 0.05) is 0 Å². The third-order valence-electron chi connectivity index (χ3n) is 7.05. The molecule has 5 aromatic carbocycles. The Hall–Kier alpha value is -3.38. The zero-order valence-corrected chi connectivity index (χ0v) is 20.5. The lowest BCUT2D eigenvalue weighted by Gasteiger charge is -2.18. The Labute approximate surface area is 204 Å². The molecule has 0 saturated carbocycles. The molecule has 0 amide bonds. The fourth-order valence-corrected chi connectivity index (χ4v) is 5.19. The van der Waals surface area contributed by atoms with Crippen molar-refractivity contribution in [3.05, 3.63) is 108 Å². The summed E-state index contributed by atoms with van der Waals surface area (Å²) >= 11 is 0. The Morgan fingerprint density at radius 2 is 0.735 bits per heavy atom. The molecule has 5 rings (SSSR count). The molecule has 0 spiro atoms. The van der Waals surface area contributed by atoms with Gasteiger partial charge in [-0.15, -0.1) is 0 Å². The standard InChI is InChI=1S/C34H34/c1-3-5-11-25-17-21-27(22-18-25)33-29-13-7-9-15-31(29)34(32-16-10-8-14-30(32)33)28-23-19-26(20-24-28)12-6-4-2/h7-10,13-24H,3-6,11-12H2,1-2H3. The molecule has 0 aliphatic heterocycles. The Morgan fingerprint density at radius 3 is 1.03 bits per heavy atom. The Bertz CT molecular complexity index is 1220. The first kappa shape index (κ1) is 22.4. The van der Waals surface area contributed by atoms with E-state index in [1.807, 2.05) is 0 Å². The summed E-state index contributed by atoms with van der Waals surface area (Å²) in [4.78, 5) is 0. The van der Waals surface area contributed by atoms with Gasteiger partial charge in [0.1, 0.15) is 0 Å². The van der Waals surface area contributed by atoms with Gasteiger partial charge in [-0.25, -0.2) is 0 Å². The zero-order valence-electron chi connectivity index (χ0n) is 20.5. The van der Waals surface area contributed by atoms with E-state index < -0.39 is 0 Å². The van der Waals surface area contributed by atoms with Gasteiger partial charge in [-0.05, 0) is 80.6 Å². The molecule has 0 aliphatic carbocycles. The van der Waals surface area contributed by atoms with Gasteiger partial charge in [-0.3, -0.25) is 0 Å². The number of hydrogen-bond acceptors (Lipinski definition) is 0. The van der Waals surface area contributed by atoms with Crippen molar-refractivity contribution < 1.29 is 0 Å². The molecule has 5 aromatic rings. The van der Waals surface area contributed by atoms with E-state index >= 15 is 0 Å². The summed E-state index contributed by atoms with van der Waals surface area (Å²) in [5.74, 6) is 0. The maximum atomic E-state index is 2.32. The molecule has 0 radical (unpaired) electrons. The van der Waals surface area contributed by atoms with Crippen LogP contribution >= 0.6 is 0 Å². The second kappa shape index (κ2) is 10.3. The van der Waals surface area contributed by atoms with Crippen LogP contribution in [0.25, 0.3) is 43.8 Å². The van der Waals surface area contributed by atoms with Crippen molar-refractivity contribution in [2.45, 2.75) is 52.4 Å². The van der Waals surface area contributed by atoms with Gasteiger partial charge in [0.25, 0.3) is 0 Å². The lowest BCUT2D eigenvalue weighted by atomic mass is 9.85. The predicted octanol–water partition coefficient (Wildman–Crippen LogP) is 10.0. The van der Waals surface area contributed by atoms with E-state index in [2.05, 4.69) is 111 Å². The Kier molecular flexibility index (Phi) is 6.77. The monoisotopic (exact) mass is 442 g/mol. The van der Waals surface area contributed by atoms with Crippen LogP contribution in [-0.4, -0.2) is 0 Å². The SMILES string of the molecule is CCCCc1ccc(-c2c3ccccc3c(-c3ccc(CCCC)cc3)c3ccccc23)cc1. The summed E-state index contributed by atoms with van der Waals surface area (Å²) in [6.45, 7) is 4.51. The molecular weight excluding hydrogens is 408 g/mol. The first-order valence-corrected chi connectivity index (χ1v) is 12.9. The second-order valence-electron chi connectivity index (χ2n) is 9.44. The van der Waals surface area contributed by atoms with Gasteiger partial charge in [-0.2, -0.15) is 0 Å². The van der Waals surface area contributed by atoms with Crippen molar-refractivity contribution in [3.63, 3.8) is 0 Å². The van der Waals surface area contributed by atoms with Crippen LogP contribution < -0.4 is 0 Å². The number of fused-ring (bicyclic) bond motifs is 2. The molecule has 0 saturated heterocycles. The molecule has 0 aromatic heterocycles. The van der Waals surface area contributed by atoms with Crippen LogP contribution in [0.3, 0.4) is 0 Å². The molecule has 0 nitrogen and oxygen atoms in total. The van der Waals surface area contributed by atoms with E-state index in [-0.39, 0.29) is 0 Å². The second-order valence-corrected chi connectivity index (χ2v) is 9.44. The number of rotatable bonds is 8. The third kappa shape index (κ3) is 4.38. The molecule has 0 N–H and O–H groups in total. The molecule has 0 heteroatoms. The summed E-state index contributed by atoms with van der Waals surface area (Å²) in [7, 11) is 0. The summed E-state index contributed by atoms with van der Waals surface area (Å²) in [6.07, 6.45) is 7.28. The first-order chi connectivity index (χ1) is 16.8. The number of aryl methyl sites for hydroxylation is 2. The lowest BCUT2D eigenvalue weighted by molar-refractivity contribution is 0.795. The molecular formula is C34H34. The highest BCUT2D eigenvalue weighted by atomic mass is 14.2. The summed E-state index contributed by atoms with van der Waals surface area (Å²) < 4.78 is 0. The Morgan fingerprint density at radius 1 is 0.412 bits per heavy atom. The minimum Gasteiger partial charge on any atom is -0.0654 e. The van der Waals surface area contributed by atoms with Crippen LogP contribution in [0.5, 0.6) is 0 Å². The predicted molar refractivity (Wildman–Crippen MR) is 150 cm³/mol. The quantitative estimate of drug-likeness (QED) is 0.210. The van der Waals surface area contributed by atoms with Gasteiger partial charge in [-0.1, -0.05) is 124 Å². The average molecular weight is 443 g/mol. The van der Waals surface area contributed by atoms with Crippen molar-refractivity contribution in [2.75, 3.05) is 0 Å². The van der Waals surface area contributed by atoms with E-state index in [1.54, 1.807) is 0 Å². The van der Waals surface area contributed by atoms with E-state index in [0.29, 0.717) is 0 Å². The minimum atomic E-state index is 1.16. The van der Waals surface area contributed by atoms with Crippen LogP contribution in [0, 0.1) is 0 Å². The van der Waals surface area contributed by atoms with Crippen molar-refractivity contribution in [2.24, 2.45) is 0 Å². The van der Waals surface area contributed by atoms with Gasteiger partial charge in [0.05, 0.1) is 0 Å². The normalized spacial score (nSPS) is 11.4. The van der Waals surface area contributed by atoms with Crippen molar-refractivity contribution in [1.29, 1.82) is 0 Å². The molecule has 34 heavy (non-hydrogen) atoms. The van der Waals surface area contributed by atoms with Crippen LogP contribution in [-0.2, 0) is 12.8 Å². The molecule has 0 heterocycles. The number of unbranched alkanes of at least 4 members (excludes halogenated alkanes) is 2. The van der Waals surface area contributed by atoms with E-state index in [9.17, 15) is 0 Å². The summed E-state index contributed by atoms with van der Waals surface area (Å²) in [6, 6.07) is 36.4. The van der Waals surface area contributed by atoms with Crippen molar-refractivity contribution in [3.8, 4) is 22.3 Å². The maximum Gasteiger partial charge on any atom is -0.00264 e. The first-order valence-electron chi connectivity index (χ1n) is 12.9. The fraction of sp³-hybridized carbons (Fsp3) is 0.235. The van der Waals surface area contributed by atoms with E-state index in [0.717, 1.165) is 12.8 Å². The van der Waals surface area contributed by atoms with Gasteiger partial charge in [0.2, 0.25) is 0 Å². The van der Waals surface area contributed by atoms with E-state index in [4.69, 9.17) is 0 Å². The highest BCUT2D eigenvalue weighted by Crippen LogP contribution is 2.43. The topological polar surface area (TPSA) is 0 Å². The lowest BCUT2D eigenvalue weighted by Crippen LogP contribution is -1.92. The maximum absolute atomic E-state index is 2.32. The largest absolute Gasteiger partial charge is 0.0654 e. The number of hydrogen-bond donors (Lipinski definition) is 0. The van der Waals surface area contributed by atoms with Gasteiger partial charge >= 0.3 is 0 Å². The fourth-order valence-electron chi connectivity index (χ4n) is 5.19. The molecule has 0 fully saturated rings. The minimum absolute atomic E-state index is 1.16. The average Bonchev–Trinajstić information content (AvgIpc) is 2.90. The van der Waals surface area contributed by atoms with Crippen LogP contribution in [0.4, 0.5) is 0 Å². The highest BCUT2D eigenvalue weighted by Gasteiger charge is 2.16. The van der Waals surface area contributed by atoms with E-state index in [1.165, 1.54) is 80.6 Å². The molecule has 0 unspecified atom stereocenters. The smallest absolute Gasteiger partial charge is 0.00264 e. The molecule has 0 aliphatic rings. The summed E-state index contributed by atoms with van der Waals surface area (Å²) in [5, 5.41) is 5.31. The number of benzene rings is 5. The Balaban J connectivity index is 1.70. The third-order valence-corrected chi connectivity index (χ3v) is 7.05. The van der Waals surface area contributed by atoms with Crippen LogP contribution in [0.1, 0.15) is 50.7 Å². The van der Waals surface area contributed by atoms with Gasteiger partial charge in [0.15, 0.2) is 0 Å². The summed E-state index contributed by atoms with van der Waals surface area (Å²) in [5.41, 5.74) is 8.15. The molecule has 0 atom stereocenters. The highest BCUT2D eigenvalue weighted by molar-refractivity contribution is 6.21. The molecule has 170 valence electrons. The molecule has 0 bridgehead atoms. The van der Waals surface area contributed by atoms with Crippen molar-refractivity contribution in [1.82, 2.24) is 0 Å².